The second kappa shape index (κ2) is 9.32. The third kappa shape index (κ3) is 6.32. The maximum atomic E-state index is 12.0. The van der Waals surface area contributed by atoms with Gasteiger partial charge in [-0.1, -0.05) is 23.2 Å². The van der Waals surface area contributed by atoms with Gasteiger partial charge in [0, 0.05) is 38.8 Å². The van der Waals surface area contributed by atoms with E-state index in [1.807, 2.05) is 24.3 Å². The number of rotatable bonds is 5. The molecule has 1 fully saturated rings. The number of carbonyl (C=O) groups excluding carboxylic acids is 1. The number of aliphatic imine (C=N–C) groups is 1. The van der Waals surface area contributed by atoms with Crippen LogP contribution >= 0.6 is 35.0 Å². The summed E-state index contributed by atoms with van der Waals surface area (Å²) in [6.45, 7) is 0. The Kier molecular flexibility index (Phi) is 6.84. The van der Waals surface area contributed by atoms with Gasteiger partial charge in [-0.2, -0.15) is 0 Å². The molecule has 6 nitrogen and oxygen atoms in total. The molecule has 1 amide bonds. The normalized spacial score (nSPS) is 20.2. The van der Waals surface area contributed by atoms with Crippen LogP contribution in [0.15, 0.2) is 58.4 Å². The van der Waals surface area contributed by atoms with E-state index in [-0.39, 0.29) is 17.9 Å². The maximum absolute atomic E-state index is 12.0. The summed E-state index contributed by atoms with van der Waals surface area (Å²) in [5.74, 6) is 0.857. The average Bonchev–Trinajstić information content (AvgIpc) is 2.63. The minimum Gasteiger partial charge on any atom is -0.370 e. The van der Waals surface area contributed by atoms with Crippen molar-refractivity contribution in [1.29, 1.82) is 0 Å². The van der Waals surface area contributed by atoms with Crippen molar-refractivity contribution < 1.29 is 4.79 Å². The van der Waals surface area contributed by atoms with Crippen LogP contribution in [0.25, 0.3) is 0 Å². The summed E-state index contributed by atoms with van der Waals surface area (Å²) in [5, 5.41) is 10.4. The summed E-state index contributed by atoms with van der Waals surface area (Å²) in [5.41, 5.74) is 6.70. The van der Waals surface area contributed by atoms with Crippen molar-refractivity contribution in [2.24, 2.45) is 10.7 Å². The van der Waals surface area contributed by atoms with Crippen molar-refractivity contribution in [3.63, 3.8) is 0 Å². The molecule has 27 heavy (non-hydrogen) atoms. The second-order valence-electron chi connectivity index (χ2n) is 5.95. The fourth-order valence-electron chi connectivity index (χ4n) is 2.52. The molecule has 0 bridgehead atoms. The van der Waals surface area contributed by atoms with Crippen LogP contribution in [0.5, 0.6) is 0 Å². The molecule has 0 aromatic heterocycles. The number of hydrogen-bond donors (Lipinski definition) is 4. The Labute approximate surface area is 171 Å². The predicted octanol–water partition coefficient (Wildman–Crippen LogP) is 3.27. The van der Waals surface area contributed by atoms with E-state index in [0.717, 1.165) is 16.3 Å². The number of nitrogens with one attached hydrogen (secondary N) is 3. The van der Waals surface area contributed by atoms with Crippen molar-refractivity contribution in [2.45, 2.75) is 23.6 Å². The molecule has 0 radical (unpaired) electrons. The molecule has 1 aliphatic rings. The van der Waals surface area contributed by atoms with Gasteiger partial charge in [-0.3, -0.25) is 10.1 Å². The monoisotopic (exact) mass is 423 g/mol. The molecule has 142 valence electrons. The first kappa shape index (κ1) is 19.8. The lowest BCUT2D eigenvalue weighted by molar-refractivity contribution is -0.124. The number of thioether (sulfide) groups is 1. The van der Waals surface area contributed by atoms with Crippen molar-refractivity contribution in [3.8, 4) is 0 Å². The highest BCUT2D eigenvalue weighted by molar-refractivity contribution is 7.99. The molecule has 1 saturated heterocycles. The van der Waals surface area contributed by atoms with E-state index in [0.29, 0.717) is 16.5 Å². The number of carbonyl (C=O) groups is 1. The van der Waals surface area contributed by atoms with Crippen molar-refractivity contribution in [3.05, 3.63) is 58.6 Å². The molecule has 2 unspecified atom stereocenters. The molecule has 0 aliphatic carbocycles. The first-order valence-corrected chi connectivity index (χ1v) is 10.0. The third-order valence-corrected chi connectivity index (χ3v) is 5.45. The van der Waals surface area contributed by atoms with Gasteiger partial charge in [-0.15, -0.1) is 11.8 Å². The Morgan fingerprint density at radius 3 is 2.44 bits per heavy atom. The minimum atomic E-state index is -0.582. The van der Waals surface area contributed by atoms with Gasteiger partial charge in [-0.25, -0.2) is 4.99 Å². The molecule has 9 heteroatoms. The highest BCUT2D eigenvalue weighted by Crippen LogP contribution is 2.22. The van der Waals surface area contributed by atoms with Crippen LogP contribution in [-0.2, 0) is 4.79 Å². The quantitative estimate of drug-likeness (QED) is 0.336. The van der Waals surface area contributed by atoms with E-state index < -0.39 is 6.29 Å². The summed E-state index contributed by atoms with van der Waals surface area (Å²) in [7, 11) is 0. The van der Waals surface area contributed by atoms with Gasteiger partial charge in [0.15, 0.2) is 12.2 Å². The average molecular weight is 424 g/mol. The zero-order chi connectivity index (χ0) is 19.2. The molecular weight excluding hydrogens is 405 g/mol. The Morgan fingerprint density at radius 1 is 1.15 bits per heavy atom. The van der Waals surface area contributed by atoms with Crippen LogP contribution in [0.1, 0.15) is 6.42 Å². The molecule has 0 saturated carbocycles. The molecule has 2 atom stereocenters. The van der Waals surface area contributed by atoms with Gasteiger partial charge in [0.05, 0.1) is 0 Å². The van der Waals surface area contributed by atoms with Crippen LogP contribution in [0.2, 0.25) is 10.0 Å². The molecule has 0 spiro atoms. The fraction of sp³-hybridized carbons (Fsp3) is 0.222. The van der Waals surface area contributed by atoms with Gasteiger partial charge >= 0.3 is 0 Å². The van der Waals surface area contributed by atoms with Crippen LogP contribution < -0.4 is 21.7 Å². The Bertz CT molecular complexity index is 814. The smallest absolute Gasteiger partial charge is 0.224 e. The lowest BCUT2D eigenvalue weighted by Crippen LogP contribution is -2.57. The SMILES string of the molecule is N/C(=N\C1NC(=O)CC(CSc2ccc(Cl)cc2)N1)Nc1ccc(Cl)cc1. The van der Waals surface area contributed by atoms with E-state index in [2.05, 4.69) is 20.9 Å². The summed E-state index contributed by atoms with van der Waals surface area (Å²) < 4.78 is 0. The van der Waals surface area contributed by atoms with Crippen LogP contribution in [0.4, 0.5) is 5.69 Å². The summed E-state index contributed by atoms with van der Waals surface area (Å²) >= 11 is 13.4. The van der Waals surface area contributed by atoms with Gasteiger partial charge < -0.3 is 16.4 Å². The molecule has 2 aromatic carbocycles. The zero-order valence-electron chi connectivity index (χ0n) is 14.3. The Morgan fingerprint density at radius 2 is 1.78 bits per heavy atom. The summed E-state index contributed by atoms with van der Waals surface area (Å²) in [6, 6.07) is 14.7. The van der Waals surface area contributed by atoms with Crippen molar-refractivity contribution >= 4 is 52.5 Å². The van der Waals surface area contributed by atoms with E-state index in [1.165, 1.54) is 0 Å². The Hall–Kier alpha value is -1.93. The van der Waals surface area contributed by atoms with Gasteiger partial charge in [0.1, 0.15) is 0 Å². The summed E-state index contributed by atoms with van der Waals surface area (Å²) in [4.78, 5) is 17.4. The van der Waals surface area contributed by atoms with Crippen molar-refractivity contribution in [2.75, 3.05) is 11.1 Å². The number of nitrogens with zero attached hydrogens (tertiary/aromatic N) is 1. The number of anilines is 1. The van der Waals surface area contributed by atoms with Crippen LogP contribution in [0.3, 0.4) is 0 Å². The number of guanidine groups is 1. The number of amides is 1. The Balaban J connectivity index is 1.56. The molecule has 1 aliphatic heterocycles. The lowest BCUT2D eigenvalue weighted by atomic mass is 10.2. The first-order valence-electron chi connectivity index (χ1n) is 8.27. The largest absolute Gasteiger partial charge is 0.370 e. The number of benzene rings is 2. The summed E-state index contributed by atoms with van der Waals surface area (Å²) in [6.07, 6.45) is -0.196. The van der Waals surface area contributed by atoms with Gasteiger partial charge in [0.2, 0.25) is 5.91 Å². The highest BCUT2D eigenvalue weighted by Gasteiger charge is 2.25. The fourth-order valence-corrected chi connectivity index (χ4v) is 3.70. The second-order valence-corrected chi connectivity index (χ2v) is 7.92. The molecule has 5 N–H and O–H groups in total. The number of hydrogen-bond acceptors (Lipinski definition) is 4. The minimum absolute atomic E-state index is 0.0171. The van der Waals surface area contributed by atoms with Gasteiger partial charge in [0.25, 0.3) is 0 Å². The molecule has 1 heterocycles. The van der Waals surface area contributed by atoms with E-state index in [9.17, 15) is 4.79 Å². The zero-order valence-corrected chi connectivity index (χ0v) is 16.6. The van der Waals surface area contributed by atoms with Gasteiger partial charge in [-0.05, 0) is 48.5 Å². The topological polar surface area (TPSA) is 91.5 Å². The first-order chi connectivity index (χ1) is 13.0. The third-order valence-electron chi connectivity index (χ3n) is 3.77. The van der Waals surface area contributed by atoms with E-state index in [1.54, 1.807) is 36.0 Å². The maximum Gasteiger partial charge on any atom is 0.224 e. The van der Waals surface area contributed by atoms with Crippen molar-refractivity contribution in [1.82, 2.24) is 10.6 Å². The lowest BCUT2D eigenvalue weighted by Gasteiger charge is -2.29. The standard InChI is InChI=1S/C18H19Cl2N5OS/c19-11-1-5-13(6-2-11)22-17(21)25-18-23-14(9-16(26)24-18)10-27-15-7-3-12(20)4-8-15/h1-8,14,18,23H,9-10H2,(H,24,26)(H3,21,22,25). The van der Waals surface area contributed by atoms with Crippen LogP contribution in [-0.4, -0.2) is 30.0 Å². The molecular formula is C18H19Cl2N5OS. The predicted molar refractivity (Wildman–Crippen MR) is 112 cm³/mol. The number of halogens is 2. The van der Waals surface area contributed by atoms with E-state index >= 15 is 0 Å². The van der Waals surface area contributed by atoms with E-state index in [4.69, 9.17) is 28.9 Å². The number of nitrogens with two attached hydrogens (primary N) is 1. The molecule has 3 rings (SSSR count). The molecule has 2 aromatic rings. The highest BCUT2D eigenvalue weighted by atomic mass is 35.5. The van der Waals surface area contributed by atoms with Crippen LogP contribution in [0, 0.1) is 0 Å².